The minimum Gasteiger partial charge on any atom is -0.356 e. The number of benzene rings is 2. The van der Waals surface area contributed by atoms with Gasteiger partial charge in [0.2, 0.25) is 0 Å². The summed E-state index contributed by atoms with van der Waals surface area (Å²) in [7, 11) is 0. The van der Waals surface area contributed by atoms with E-state index in [1.54, 1.807) is 0 Å². The van der Waals surface area contributed by atoms with Gasteiger partial charge in [0.05, 0.1) is 6.04 Å². The van der Waals surface area contributed by atoms with Crippen LogP contribution >= 0.6 is 12.2 Å². The Hall–Kier alpha value is -1.87. The van der Waals surface area contributed by atoms with Gasteiger partial charge in [0, 0.05) is 5.69 Å². The summed E-state index contributed by atoms with van der Waals surface area (Å²) in [5, 5.41) is 7.42. The molecule has 3 rings (SSSR count). The van der Waals surface area contributed by atoms with E-state index in [1.165, 1.54) is 29.5 Å². The Balaban J connectivity index is 1.67. The van der Waals surface area contributed by atoms with Crippen molar-refractivity contribution in [3.63, 3.8) is 0 Å². The van der Waals surface area contributed by atoms with Crippen molar-refractivity contribution in [2.45, 2.75) is 32.2 Å². The van der Waals surface area contributed by atoms with Gasteiger partial charge in [0.1, 0.15) is 0 Å². The molecular weight excluding hydrogens is 276 g/mol. The molecule has 21 heavy (non-hydrogen) atoms. The first-order valence-corrected chi connectivity index (χ1v) is 7.85. The molecule has 2 aromatic rings. The van der Waals surface area contributed by atoms with Crippen molar-refractivity contribution in [3.8, 4) is 0 Å². The van der Waals surface area contributed by atoms with Crippen LogP contribution < -0.4 is 10.6 Å². The summed E-state index contributed by atoms with van der Waals surface area (Å²) >= 11 is 5.46. The number of hydrogen-bond acceptors (Lipinski definition) is 1. The van der Waals surface area contributed by atoms with Crippen LogP contribution in [-0.4, -0.2) is 5.11 Å². The van der Waals surface area contributed by atoms with Gasteiger partial charge >= 0.3 is 0 Å². The first kappa shape index (κ1) is 14.1. The molecule has 0 radical (unpaired) electrons. The molecule has 0 fully saturated rings. The monoisotopic (exact) mass is 296 g/mol. The third kappa shape index (κ3) is 3.42. The van der Waals surface area contributed by atoms with Gasteiger partial charge in [-0.25, -0.2) is 0 Å². The molecule has 2 nitrogen and oxygen atoms in total. The van der Waals surface area contributed by atoms with E-state index in [0.717, 1.165) is 12.1 Å². The van der Waals surface area contributed by atoms with Crippen LogP contribution in [0.15, 0.2) is 48.5 Å². The second-order valence-electron chi connectivity index (χ2n) is 5.61. The molecule has 1 aliphatic rings. The lowest BCUT2D eigenvalue weighted by molar-refractivity contribution is 0.529. The maximum atomic E-state index is 5.46. The number of aryl methyl sites for hydroxylation is 2. The van der Waals surface area contributed by atoms with Crippen LogP contribution in [0, 0.1) is 6.92 Å². The minimum absolute atomic E-state index is 0.320. The first-order chi connectivity index (χ1) is 10.2. The zero-order valence-electron chi connectivity index (χ0n) is 12.2. The average molecular weight is 296 g/mol. The van der Waals surface area contributed by atoms with E-state index in [-0.39, 0.29) is 0 Å². The lowest BCUT2D eigenvalue weighted by Gasteiger charge is -2.27. The van der Waals surface area contributed by atoms with E-state index in [0.29, 0.717) is 11.2 Å². The van der Waals surface area contributed by atoms with Crippen molar-refractivity contribution in [1.82, 2.24) is 5.32 Å². The molecule has 3 heteroatoms. The maximum Gasteiger partial charge on any atom is 0.171 e. The Labute approximate surface area is 131 Å². The third-order valence-corrected chi connectivity index (χ3v) is 4.20. The van der Waals surface area contributed by atoms with Gasteiger partial charge in [-0.2, -0.15) is 0 Å². The standard InChI is InChI=1S/C18H20N2S/c1-13-9-11-15(12-10-13)19-18(21)20-17-8-4-6-14-5-2-3-7-16(14)17/h2-3,5,7,9-12,17H,4,6,8H2,1H3,(H2,19,20,21). The molecule has 0 amide bonds. The van der Waals surface area contributed by atoms with E-state index in [2.05, 4.69) is 66.1 Å². The summed E-state index contributed by atoms with van der Waals surface area (Å²) in [6.45, 7) is 2.08. The Morgan fingerprint density at radius 3 is 2.67 bits per heavy atom. The lowest BCUT2D eigenvalue weighted by Crippen LogP contribution is -2.34. The highest BCUT2D eigenvalue weighted by molar-refractivity contribution is 7.80. The summed E-state index contributed by atoms with van der Waals surface area (Å²) < 4.78 is 0. The van der Waals surface area contributed by atoms with Crippen LogP contribution in [0.5, 0.6) is 0 Å². The normalized spacial score (nSPS) is 16.9. The van der Waals surface area contributed by atoms with E-state index >= 15 is 0 Å². The van der Waals surface area contributed by atoms with Gasteiger partial charge < -0.3 is 10.6 Å². The van der Waals surface area contributed by atoms with E-state index in [9.17, 15) is 0 Å². The smallest absolute Gasteiger partial charge is 0.171 e. The number of thiocarbonyl (C=S) groups is 1. The fourth-order valence-electron chi connectivity index (χ4n) is 2.87. The SMILES string of the molecule is Cc1ccc(NC(=S)NC2CCCc3ccccc32)cc1. The van der Waals surface area contributed by atoms with Gasteiger partial charge in [-0.15, -0.1) is 0 Å². The fourth-order valence-corrected chi connectivity index (χ4v) is 3.13. The quantitative estimate of drug-likeness (QED) is 0.805. The number of nitrogens with one attached hydrogen (secondary N) is 2. The predicted molar refractivity (Wildman–Crippen MR) is 92.7 cm³/mol. The Kier molecular flexibility index (Phi) is 4.20. The lowest BCUT2D eigenvalue weighted by atomic mass is 9.88. The van der Waals surface area contributed by atoms with Crippen molar-refractivity contribution in [1.29, 1.82) is 0 Å². The molecule has 0 saturated heterocycles. The Morgan fingerprint density at radius 2 is 1.86 bits per heavy atom. The van der Waals surface area contributed by atoms with Crippen molar-refractivity contribution in [2.24, 2.45) is 0 Å². The highest BCUT2D eigenvalue weighted by Crippen LogP contribution is 2.29. The Morgan fingerprint density at radius 1 is 1.10 bits per heavy atom. The van der Waals surface area contributed by atoms with Crippen molar-refractivity contribution >= 4 is 23.0 Å². The second kappa shape index (κ2) is 6.27. The molecule has 2 aromatic carbocycles. The van der Waals surface area contributed by atoms with Gasteiger partial charge in [-0.3, -0.25) is 0 Å². The maximum absolute atomic E-state index is 5.46. The Bertz CT molecular complexity index is 634. The minimum atomic E-state index is 0.320. The van der Waals surface area contributed by atoms with Crippen molar-refractivity contribution < 1.29 is 0 Å². The van der Waals surface area contributed by atoms with Crippen LogP contribution in [0.3, 0.4) is 0 Å². The summed E-state index contributed by atoms with van der Waals surface area (Å²) in [6, 6.07) is 17.2. The number of fused-ring (bicyclic) bond motifs is 1. The molecule has 1 unspecified atom stereocenters. The van der Waals surface area contributed by atoms with Gasteiger partial charge in [-0.05, 0) is 61.7 Å². The van der Waals surface area contributed by atoms with Crippen molar-refractivity contribution in [2.75, 3.05) is 5.32 Å². The van der Waals surface area contributed by atoms with Crippen LogP contribution in [0.25, 0.3) is 0 Å². The highest BCUT2D eigenvalue weighted by Gasteiger charge is 2.20. The molecule has 0 aliphatic heterocycles. The molecule has 0 bridgehead atoms. The molecule has 1 aliphatic carbocycles. The number of hydrogen-bond donors (Lipinski definition) is 2. The second-order valence-corrected chi connectivity index (χ2v) is 6.02. The third-order valence-electron chi connectivity index (χ3n) is 3.98. The van der Waals surface area contributed by atoms with E-state index in [1.807, 2.05) is 0 Å². The average Bonchev–Trinajstić information content (AvgIpc) is 2.50. The van der Waals surface area contributed by atoms with Crippen molar-refractivity contribution in [3.05, 3.63) is 65.2 Å². The summed E-state index contributed by atoms with van der Waals surface area (Å²) in [4.78, 5) is 0. The number of anilines is 1. The topological polar surface area (TPSA) is 24.1 Å². The zero-order valence-corrected chi connectivity index (χ0v) is 13.0. The number of rotatable bonds is 2. The first-order valence-electron chi connectivity index (χ1n) is 7.44. The summed E-state index contributed by atoms with van der Waals surface area (Å²) in [5.41, 5.74) is 5.11. The van der Waals surface area contributed by atoms with Gasteiger partial charge in [0.15, 0.2) is 5.11 Å². The van der Waals surface area contributed by atoms with Crippen LogP contribution in [0.1, 0.15) is 35.6 Å². The summed E-state index contributed by atoms with van der Waals surface area (Å²) in [5.74, 6) is 0. The largest absolute Gasteiger partial charge is 0.356 e. The molecule has 0 spiro atoms. The summed E-state index contributed by atoms with van der Waals surface area (Å²) in [6.07, 6.45) is 3.51. The zero-order chi connectivity index (χ0) is 14.7. The molecule has 108 valence electrons. The molecular formula is C18H20N2S. The van der Waals surface area contributed by atoms with Gasteiger partial charge in [0.25, 0.3) is 0 Å². The molecule has 0 saturated carbocycles. The fraction of sp³-hybridized carbons (Fsp3) is 0.278. The van der Waals surface area contributed by atoms with Crippen LogP contribution in [0.2, 0.25) is 0 Å². The molecule has 0 aromatic heterocycles. The van der Waals surface area contributed by atoms with Gasteiger partial charge in [-0.1, -0.05) is 42.0 Å². The van der Waals surface area contributed by atoms with Crippen LogP contribution in [-0.2, 0) is 6.42 Å². The molecule has 2 N–H and O–H groups in total. The van der Waals surface area contributed by atoms with Crippen LogP contribution in [0.4, 0.5) is 5.69 Å². The highest BCUT2D eigenvalue weighted by atomic mass is 32.1. The predicted octanol–water partition coefficient (Wildman–Crippen LogP) is 4.36. The van der Waals surface area contributed by atoms with E-state index in [4.69, 9.17) is 12.2 Å². The van der Waals surface area contributed by atoms with E-state index < -0.39 is 0 Å². The molecule has 0 heterocycles. The molecule has 1 atom stereocenters.